The van der Waals surface area contributed by atoms with Crippen molar-refractivity contribution in [2.45, 2.75) is 0 Å². The van der Waals surface area contributed by atoms with Gasteiger partial charge in [-0.2, -0.15) is 5.26 Å². The standard InChI is InChI=1S/C8H5NO3/c9-5-6(8(10)11)4-7-2-1-3-12-7/h1-4H,(H,10,11)/p-1/b6-4+. The zero-order valence-corrected chi connectivity index (χ0v) is 5.98. The third-order valence-electron chi connectivity index (χ3n) is 1.17. The highest BCUT2D eigenvalue weighted by atomic mass is 16.4. The molecule has 0 atom stereocenters. The second kappa shape index (κ2) is 3.39. The van der Waals surface area contributed by atoms with E-state index in [-0.39, 0.29) is 0 Å². The van der Waals surface area contributed by atoms with Crippen LogP contribution in [0.15, 0.2) is 28.4 Å². The first kappa shape index (κ1) is 8.08. The highest BCUT2D eigenvalue weighted by Crippen LogP contribution is 2.05. The van der Waals surface area contributed by atoms with E-state index >= 15 is 0 Å². The van der Waals surface area contributed by atoms with Gasteiger partial charge in [-0.3, -0.25) is 0 Å². The number of nitrogens with zero attached hydrogens (tertiary/aromatic N) is 1. The summed E-state index contributed by atoms with van der Waals surface area (Å²) < 4.78 is 4.80. The van der Waals surface area contributed by atoms with Gasteiger partial charge in [-0.05, 0) is 12.1 Å². The molecule has 0 fully saturated rings. The number of carboxylic acid groups (broad SMARTS) is 1. The second-order valence-electron chi connectivity index (χ2n) is 1.97. The van der Waals surface area contributed by atoms with Gasteiger partial charge in [0.15, 0.2) is 0 Å². The van der Waals surface area contributed by atoms with E-state index in [2.05, 4.69) is 0 Å². The predicted molar refractivity (Wildman–Crippen MR) is 37.3 cm³/mol. The maximum absolute atomic E-state index is 10.2. The fourth-order valence-corrected chi connectivity index (χ4v) is 0.652. The Bertz CT molecular complexity index is 343. The molecule has 1 aromatic heterocycles. The Morgan fingerprint density at radius 1 is 1.75 bits per heavy atom. The lowest BCUT2D eigenvalue weighted by Gasteiger charge is -1.95. The Labute approximate surface area is 68.3 Å². The number of hydrogen-bond donors (Lipinski definition) is 0. The Balaban J connectivity index is 2.95. The van der Waals surface area contributed by atoms with Gasteiger partial charge in [0.2, 0.25) is 0 Å². The first-order valence-corrected chi connectivity index (χ1v) is 3.10. The molecular formula is C8H4NO3-. The van der Waals surface area contributed by atoms with Crippen LogP contribution in [0.3, 0.4) is 0 Å². The number of nitriles is 1. The molecule has 12 heavy (non-hydrogen) atoms. The van der Waals surface area contributed by atoms with Crippen molar-refractivity contribution in [2.24, 2.45) is 0 Å². The number of carbonyl (C=O) groups is 1. The first-order valence-electron chi connectivity index (χ1n) is 3.10. The van der Waals surface area contributed by atoms with Crippen LogP contribution >= 0.6 is 0 Å². The van der Waals surface area contributed by atoms with Crippen LogP contribution < -0.4 is 5.11 Å². The number of carbonyl (C=O) groups excluding carboxylic acids is 1. The summed E-state index contributed by atoms with van der Waals surface area (Å²) >= 11 is 0. The summed E-state index contributed by atoms with van der Waals surface area (Å²) in [5.41, 5.74) is -0.454. The minimum Gasteiger partial charge on any atom is -0.544 e. The van der Waals surface area contributed by atoms with Crippen molar-refractivity contribution in [2.75, 3.05) is 0 Å². The summed E-state index contributed by atoms with van der Waals surface area (Å²) in [4.78, 5) is 10.2. The van der Waals surface area contributed by atoms with Gasteiger partial charge in [-0.15, -0.1) is 0 Å². The van der Waals surface area contributed by atoms with E-state index in [1.807, 2.05) is 0 Å². The van der Waals surface area contributed by atoms with Gasteiger partial charge >= 0.3 is 0 Å². The smallest absolute Gasteiger partial charge is 0.128 e. The lowest BCUT2D eigenvalue weighted by atomic mass is 10.2. The largest absolute Gasteiger partial charge is 0.544 e. The van der Waals surface area contributed by atoms with Crippen molar-refractivity contribution in [3.8, 4) is 6.07 Å². The van der Waals surface area contributed by atoms with E-state index in [0.29, 0.717) is 5.76 Å². The van der Waals surface area contributed by atoms with Gasteiger partial charge in [-0.1, -0.05) is 0 Å². The second-order valence-corrected chi connectivity index (χ2v) is 1.97. The van der Waals surface area contributed by atoms with Crippen molar-refractivity contribution in [1.82, 2.24) is 0 Å². The molecule has 0 aliphatic heterocycles. The molecule has 0 aliphatic carbocycles. The molecule has 1 rings (SSSR count). The van der Waals surface area contributed by atoms with E-state index in [4.69, 9.17) is 9.68 Å². The SMILES string of the molecule is N#C/C(=C\c1ccco1)C(=O)[O-]. The Morgan fingerprint density at radius 2 is 2.50 bits per heavy atom. The zero-order valence-electron chi connectivity index (χ0n) is 5.98. The normalized spacial score (nSPS) is 10.8. The lowest BCUT2D eigenvalue weighted by Crippen LogP contribution is -2.23. The van der Waals surface area contributed by atoms with Crippen LogP contribution in [-0.2, 0) is 4.79 Å². The van der Waals surface area contributed by atoms with Crippen molar-refractivity contribution < 1.29 is 14.3 Å². The fourth-order valence-electron chi connectivity index (χ4n) is 0.652. The van der Waals surface area contributed by atoms with Crippen LogP contribution in [0.25, 0.3) is 6.08 Å². The Morgan fingerprint density at radius 3 is 2.92 bits per heavy atom. The monoisotopic (exact) mass is 162 g/mol. The summed E-state index contributed by atoms with van der Waals surface area (Å²) in [6.07, 6.45) is 2.49. The molecular weight excluding hydrogens is 158 g/mol. The predicted octanol–water partition coefficient (Wildman–Crippen LogP) is -0.0635. The van der Waals surface area contributed by atoms with Crippen LogP contribution in [0, 0.1) is 11.3 Å². The number of hydrogen-bond acceptors (Lipinski definition) is 4. The fraction of sp³-hybridized carbons (Fsp3) is 0. The number of furan rings is 1. The van der Waals surface area contributed by atoms with Gasteiger partial charge in [-0.25, -0.2) is 0 Å². The topological polar surface area (TPSA) is 77.1 Å². The molecule has 1 aromatic rings. The minimum atomic E-state index is -1.51. The van der Waals surface area contributed by atoms with Gasteiger partial charge in [0.25, 0.3) is 0 Å². The molecule has 0 bridgehead atoms. The first-order chi connectivity index (χ1) is 5.74. The van der Waals surface area contributed by atoms with Crippen LogP contribution in [-0.4, -0.2) is 5.97 Å². The molecule has 1 heterocycles. The van der Waals surface area contributed by atoms with Crippen LogP contribution in [0.4, 0.5) is 0 Å². The van der Waals surface area contributed by atoms with Gasteiger partial charge < -0.3 is 14.3 Å². The number of carboxylic acids is 1. The molecule has 0 saturated carbocycles. The van der Waals surface area contributed by atoms with Gasteiger partial charge in [0.1, 0.15) is 11.8 Å². The number of aliphatic carboxylic acids is 1. The maximum Gasteiger partial charge on any atom is 0.128 e. The summed E-state index contributed by atoms with van der Waals surface area (Å²) in [5, 5.41) is 18.5. The quantitative estimate of drug-likeness (QED) is 0.450. The van der Waals surface area contributed by atoms with Crippen molar-refractivity contribution in [1.29, 1.82) is 5.26 Å². The van der Waals surface area contributed by atoms with Crippen LogP contribution in [0.1, 0.15) is 5.76 Å². The molecule has 0 N–H and O–H groups in total. The molecule has 0 spiro atoms. The molecule has 0 aromatic carbocycles. The van der Waals surface area contributed by atoms with Crippen molar-refractivity contribution in [3.05, 3.63) is 29.7 Å². The van der Waals surface area contributed by atoms with Gasteiger partial charge in [0.05, 0.1) is 17.8 Å². The van der Waals surface area contributed by atoms with E-state index in [0.717, 1.165) is 6.08 Å². The third-order valence-corrected chi connectivity index (χ3v) is 1.17. The van der Waals surface area contributed by atoms with Gasteiger partial charge in [0, 0.05) is 6.08 Å². The van der Waals surface area contributed by atoms with E-state index in [9.17, 15) is 9.90 Å². The molecule has 0 saturated heterocycles. The molecule has 0 unspecified atom stereocenters. The lowest BCUT2D eigenvalue weighted by molar-refractivity contribution is -0.298. The molecule has 0 radical (unpaired) electrons. The highest BCUT2D eigenvalue weighted by molar-refractivity contribution is 5.94. The van der Waals surface area contributed by atoms with Crippen molar-refractivity contribution >= 4 is 12.0 Å². The molecule has 4 heteroatoms. The summed E-state index contributed by atoms with van der Waals surface area (Å²) in [6, 6.07) is 4.61. The van der Waals surface area contributed by atoms with E-state index in [1.165, 1.54) is 12.3 Å². The van der Waals surface area contributed by atoms with Crippen LogP contribution in [0.2, 0.25) is 0 Å². The Hall–Kier alpha value is -2.02. The molecule has 0 amide bonds. The molecule has 4 nitrogen and oxygen atoms in total. The summed E-state index contributed by atoms with van der Waals surface area (Å²) in [7, 11) is 0. The van der Waals surface area contributed by atoms with E-state index < -0.39 is 11.5 Å². The highest BCUT2D eigenvalue weighted by Gasteiger charge is 1.97. The van der Waals surface area contributed by atoms with Crippen molar-refractivity contribution in [3.63, 3.8) is 0 Å². The maximum atomic E-state index is 10.2. The number of rotatable bonds is 2. The third kappa shape index (κ3) is 1.73. The zero-order chi connectivity index (χ0) is 8.97. The Kier molecular flexibility index (Phi) is 2.29. The summed E-state index contributed by atoms with van der Waals surface area (Å²) in [6.45, 7) is 0. The molecule has 0 aliphatic rings. The molecule has 60 valence electrons. The average Bonchev–Trinajstić information content (AvgIpc) is 2.51. The van der Waals surface area contributed by atoms with Crippen LogP contribution in [0.5, 0.6) is 0 Å². The summed E-state index contributed by atoms with van der Waals surface area (Å²) in [5.74, 6) is -1.19. The van der Waals surface area contributed by atoms with E-state index in [1.54, 1.807) is 12.1 Å². The average molecular weight is 162 g/mol. The minimum absolute atomic E-state index is 0.316.